The van der Waals surface area contributed by atoms with Crippen molar-refractivity contribution in [3.8, 4) is 16.9 Å². The molecule has 1 amide bonds. The Labute approximate surface area is 131 Å². The largest absolute Gasteiger partial charge is 0.497 e. The summed E-state index contributed by atoms with van der Waals surface area (Å²) in [6.45, 7) is 4.67. The van der Waals surface area contributed by atoms with Crippen molar-refractivity contribution in [1.82, 2.24) is 15.1 Å². The Morgan fingerprint density at radius 2 is 2.00 bits per heavy atom. The molecule has 22 heavy (non-hydrogen) atoms. The summed E-state index contributed by atoms with van der Waals surface area (Å²) in [5, 5.41) is 7.24. The molecule has 0 aliphatic rings. The van der Waals surface area contributed by atoms with E-state index in [0.717, 1.165) is 29.8 Å². The van der Waals surface area contributed by atoms with Gasteiger partial charge >= 0.3 is 0 Å². The van der Waals surface area contributed by atoms with Gasteiger partial charge in [-0.25, -0.2) is 0 Å². The van der Waals surface area contributed by atoms with Crippen LogP contribution in [0.15, 0.2) is 36.7 Å². The minimum atomic E-state index is 0.0949. The molecule has 1 heterocycles. The van der Waals surface area contributed by atoms with E-state index in [2.05, 4.69) is 10.4 Å². The van der Waals surface area contributed by atoms with Crippen LogP contribution in [0.3, 0.4) is 0 Å². The van der Waals surface area contributed by atoms with Gasteiger partial charge in [0.2, 0.25) is 5.91 Å². The van der Waals surface area contributed by atoms with Gasteiger partial charge in [0.05, 0.1) is 13.3 Å². The predicted octanol–water partition coefficient (Wildman–Crippen LogP) is 2.86. The van der Waals surface area contributed by atoms with Gasteiger partial charge in [-0.05, 0) is 38.0 Å². The number of aromatic nitrogens is 2. The molecular weight excluding hydrogens is 278 g/mol. The number of nitrogens with one attached hydrogen (secondary N) is 1. The number of amides is 1. The fourth-order valence-corrected chi connectivity index (χ4v) is 2.21. The number of hydrogen-bond donors (Lipinski definition) is 1. The molecule has 1 N–H and O–H groups in total. The van der Waals surface area contributed by atoms with Gasteiger partial charge in [-0.15, -0.1) is 0 Å². The van der Waals surface area contributed by atoms with E-state index in [9.17, 15) is 4.79 Å². The summed E-state index contributed by atoms with van der Waals surface area (Å²) < 4.78 is 7.03. The number of benzene rings is 1. The molecule has 0 radical (unpaired) electrons. The van der Waals surface area contributed by atoms with Crippen molar-refractivity contribution >= 4 is 5.91 Å². The van der Waals surface area contributed by atoms with Crippen LogP contribution in [0.5, 0.6) is 5.75 Å². The SMILES string of the molecule is COc1ccc(-c2cnn(CCCC(=O)NC(C)C)c2)cc1. The van der Waals surface area contributed by atoms with E-state index in [1.807, 2.05) is 55.2 Å². The van der Waals surface area contributed by atoms with Crippen molar-refractivity contribution in [1.29, 1.82) is 0 Å². The van der Waals surface area contributed by atoms with Crippen LogP contribution >= 0.6 is 0 Å². The van der Waals surface area contributed by atoms with Crippen LogP contribution in [0.25, 0.3) is 11.1 Å². The van der Waals surface area contributed by atoms with Crippen molar-refractivity contribution in [3.63, 3.8) is 0 Å². The standard InChI is InChI=1S/C17H23N3O2/c1-13(2)19-17(21)5-4-10-20-12-15(11-18-20)14-6-8-16(22-3)9-7-14/h6-9,11-13H,4-5,10H2,1-3H3,(H,19,21). The monoisotopic (exact) mass is 301 g/mol. The summed E-state index contributed by atoms with van der Waals surface area (Å²) in [5.41, 5.74) is 2.17. The van der Waals surface area contributed by atoms with Crippen molar-refractivity contribution < 1.29 is 9.53 Å². The van der Waals surface area contributed by atoms with E-state index < -0.39 is 0 Å². The normalized spacial score (nSPS) is 10.7. The molecule has 0 aliphatic carbocycles. The van der Waals surface area contributed by atoms with E-state index in [1.165, 1.54) is 0 Å². The Bertz CT molecular complexity index is 603. The van der Waals surface area contributed by atoms with Gasteiger partial charge in [0.15, 0.2) is 0 Å². The highest BCUT2D eigenvalue weighted by Crippen LogP contribution is 2.21. The second-order valence-electron chi connectivity index (χ2n) is 5.55. The summed E-state index contributed by atoms with van der Waals surface area (Å²) in [4.78, 5) is 11.6. The first kappa shape index (κ1) is 16.1. The number of hydrogen-bond acceptors (Lipinski definition) is 3. The molecular formula is C17H23N3O2. The van der Waals surface area contributed by atoms with Crippen LogP contribution in [0.1, 0.15) is 26.7 Å². The summed E-state index contributed by atoms with van der Waals surface area (Å²) in [6, 6.07) is 8.08. The van der Waals surface area contributed by atoms with Gasteiger partial charge < -0.3 is 10.1 Å². The summed E-state index contributed by atoms with van der Waals surface area (Å²) in [6.07, 6.45) is 5.15. The number of rotatable bonds is 7. The van der Waals surface area contributed by atoms with Crippen molar-refractivity contribution in [2.45, 2.75) is 39.3 Å². The predicted molar refractivity (Wildman–Crippen MR) is 86.7 cm³/mol. The third kappa shape index (κ3) is 4.62. The molecule has 2 rings (SSSR count). The third-order valence-corrected chi connectivity index (χ3v) is 3.30. The molecule has 0 unspecified atom stereocenters. The number of aryl methyl sites for hydroxylation is 1. The number of carbonyl (C=O) groups excluding carboxylic acids is 1. The average Bonchev–Trinajstić information content (AvgIpc) is 2.95. The smallest absolute Gasteiger partial charge is 0.220 e. The van der Waals surface area contributed by atoms with Gasteiger partial charge in [-0.2, -0.15) is 5.10 Å². The molecule has 0 saturated carbocycles. The summed E-state index contributed by atoms with van der Waals surface area (Å²) in [5.74, 6) is 0.935. The summed E-state index contributed by atoms with van der Waals surface area (Å²) >= 11 is 0. The molecule has 5 nitrogen and oxygen atoms in total. The first-order valence-electron chi connectivity index (χ1n) is 7.54. The van der Waals surface area contributed by atoms with Gasteiger partial charge in [0, 0.05) is 30.8 Å². The molecule has 0 saturated heterocycles. The van der Waals surface area contributed by atoms with E-state index in [-0.39, 0.29) is 11.9 Å². The maximum Gasteiger partial charge on any atom is 0.220 e. The Balaban J connectivity index is 1.87. The number of methoxy groups -OCH3 is 1. The Morgan fingerprint density at radius 1 is 1.27 bits per heavy atom. The molecule has 2 aromatic rings. The lowest BCUT2D eigenvalue weighted by atomic mass is 10.1. The second-order valence-corrected chi connectivity index (χ2v) is 5.55. The van der Waals surface area contributed by atoms with Gasteiger partial charge in [0.25, 0.3) is 0 Å². The molecule has 5 heteroatoms. The molecule has 0 atom stereocenters. The molecule has 0 aliphatic heterocycles. The van der Waals surface area contributed by atoms with Gasteiger partial charge in [-0.3, -0.25) is 9.48 Å². The fourth-order valence-electron chi connectivity index (χ4n) is 2.21. The lowest BCUT2D eigenvalue weighted by molar-refractivity contribution is -0.121. The van der Waals surface area contributed by atoms with Crippen molar-refractivity contribution in [2.75, 3.05) is 7.11 Å². The van der Waals surface area contributed by atoms with Crippen LogP contribution in [0, 0.1) is 0 Å². The number of nitrogens with zero attached hydrogens (tertiary/aromatic N) is 2. The third-order valence-electron chi connectivity index (χ3n) is 3.30. The van der Waals surface area contributed by atoms with Gasteiger partial charge in [0.1, 0.15) is 5.75 Å². The van der Waals surface area contributed by atoms with Crippen LogP contribution in [-0.2, 0) is 11.3 Å². The fraction of sp³-hybridized carbons (Fsp3) is 0.412. The maximum atomic E-state index is 11.6. The molecule has 1 aromatic heterocycles. The van der Waals surface area contributed by atoms with Gasteiger partial charge in [-0.1, -0.05) is 12.1 Å². The molecule has 0 fully saturated rings. The minimum absolute atomic E-state index is 0.0949. The lowest BCUT2D eigenvalue weighted by Crippen LogP contribution is -2.29. The molecule has 0 spiro atoms. The highest BCUT2D eigenvalue weighted by atomic mass is 16.5. The number of carbonyl (C=O) groups is 1. The molecule has 1 aromatic carbocycles. The van der Waals surface area contributed by atoms with Crippen molar-refractivity contribution in [3.05, 3.63) is 36.7 Å². The first-order valence-corrected chi connectivity index (χ1v) is 7.54. The Hall–Kier alpha value is -2.30. The topological polar surface area (TPSA) is 56.2 Å². The zero-order valence-electron chi connectivity index (χ0n) is 13.4. The van der Waals surface area contributed by atoms with E-state index in [4.69, 9.17) is 4.74 Å². The molecule has 118 valence electrons. The first-order chi connectivity index (χ1) is 10.6. The average molecular weight is 301 g/mol. The van der Waals surface area contributed by atoms with E-state index >= 15 is 0 Å². The summed E-state index contributed by atoms with van der Waals surface area (Å²) in [7, 11) is 1.66. The maximum absolute atomic E-state index is 11.6. The lowest BCUT2D eigenvalue weighted by Gasteiger charge is -2.07. The highest BCUT2D eigenvalue weighted by Gasteiger charge is 2.05. The molecule has 0 bridgehead atoms. The highest BCUT2D eigenvalue weighted by molar-refractivity contribution is 5.76. The zero-order chi connectivity index (χ0) is 15.9. The van der Waals surface area contributed by atoms with E-state index in [1.54, 1.807) is 7.11 Å². The van der Waals surface area contributed by atoms with Crippen LogP contribution in [0.2, 0.25) is 0 Å². The van der Waals surface area contributed by atoms with Crippen LogP contribution in [0.4, 0.5) is 0 Å². The minimum Gasteiger partial charge on any atom is -0.497 e. The van der Waals surface area contributed by atoms with Crippen molar-refractivity contribution in [2.24, 2.45) is 0 Å². The second kappa shape index (κ2) is 7.64. The Morgan fingerprint density at radius 3 is 2.64 bits per heavy atom. The quantitative estimate of drug-likeness (QED) is 0.855. The van der Waals surface area contributed by atoms with Crippen LogP contribution < -0.4 is 10.1 Å². The van der Waals surface area contributed by atoms with E-state index in [0.29, 0.717) is 6.42 Å². The Kier molecular flexibility index (Phi) is 5.58. The number of ether oxygens (including phenoxy) is 1. The van der Waals surface area contributed by atoms with Crippen LogP contribution in [-0.4, -0.2) is 28.8 Å². The zero-order valence-corrected chi connectivity index (χ0v) is 13.4.